The molecule has 7 nitrogen and oxygen atoms in total. The molecule has 1 aromatic heterocycles. The van der Waals surface area contributed by atoms with Crippen molar-refractivity contribution in [3.8, 4) is 0 Å². The van der Waals surface area contributed by atoms with Crippen molar-refractivity contribution in [2.45, 2.75) is 33.0 Å². The molecule has 2 aliphatic rings. The van der Waals surface area contributed by atoms with Crippen LogP contribution in [0.3, 0.4) is 0 Å². The average Bonchev–Trinajstić information content (AvgIpc) is 3.32. The molecule has 1 aromatic carbocycles. The summed E-state index contributed by atoms with van der Waals surface area (Å²) in [6.45, 7) is 8.99. The first-order chi connectivity index (χ1) is 13.6. The van der Waals surface area contributed by atoms with E-state index in [0.717, 1.165) is 63.0 Å². The molecule has 0 amide bonds. The van der Waals surface area contributed by atoms with Gasteiger partial charge in [0.15, 0.2) is 5.78 Å². The van der Waals surface area contributed by atoms with E-state index in [1.165, 1.54) is 12.8 Å². The second kappa shape index (κ2) is 8.55. The van der Waals surface area contributed by atoms with Gasteiger partial charge >= 0.3 is 0 Å². The number of benzene rings is 1. The van der Waals surface area contributed by atoms with Crippen molar-refractivity contribution in [1.29, 1.82) is 0 Å². The van der Waals surface area contributed by atoms with Gasteiger partial charge < -0.3 is 9.32 Å². The minimum atomic E-state index is 0.102. The predicted octanol–water partition coefficient (Wildman–Crippen LogP) is 2.78. The van der Waals surface area contributed by atoms with Gasteiger partial charge in [0, 0.05) is 37.4 Å². The number of likely N-dealkylation sites (tertiary alicyclic amines) is 1. The average molecular weight is 402 g/mol. The molecule has 2 aromatic rings. The van der Waals surface area contributed by atoms with E-state index in [4.69, 9.17) is 16.6 Å². The van der Waals surface area contributed by atoms with Crippen LogP contribution in [-0.2, 0) is 13.2 Å². The molecule has 0 spiro atoms. The molecular weight excluding hydrogens is 374 g/mol. The molecule has 0 saturated carbocycles. The third-order valence-electron chi connectivity index (χ3n) is 5.55. The number of ketones is 1. The predicted molar refractivity (Wildman–Crippen MR) is 110 cm³/mol. The van der Waals surface area contributed by atoms with Crippen LogP contribution in [0, 0.1) is 4.84 Å². The van der Waals surface area contributed by atoms with Gasteiger partial charge in [-0.1, -0.05) is 0 Å². The molecule has 4 rings (SSSR count). The molecule has 8 heteroatoms. The second-order valence-corrected chi connectivity index (χ2v) is 7.94. The van der Waals surface area contributed by atoms with E-state index in [1.54, 1.807) is 11.6 Å². The van der Waals surface area contributed by atoms with Crippen molar-refractivity contribution < 1.29 is 9.21 Å². The van der Waals surface area contributed by atoms with Crippen LogP contribution in [-0.4, -0.2) is 64.6 Å². The Balaban J connectivity index is 1.31. The summed E-state index contributed by atoms with van der Waals surface area (Å²) in [4.78, 5) is 18.9. The Labute approximate surface area is 170 Å². The Morgan fingerprint density at radius 3 is 2.36 bits per heavy atom. The Morgan fingerprint density at radius 2 is 1.71 bits per heavy atom. The van der Waals surface area contributed by atoms with Crippen molar-refractivity contribution in [2.75, 3.05) is 44.2 Å². The highest BCUT2D eigenvalue weighted by atomic mass is 32.1. The number of carbonyl (C=O) groups excluding carboxylic acids is 1. The molecular formula is C20H27N5O2S. The van der Waals surface area contributed by atoms with Gasteiger partial charge in [-0.15, -0.1) is 5.10 Å². The Bertz CT molecular complexity index is 861. The minimum absolute atomic E-state index is 0.102. The van der Waals surface area contributed by atoms with Gasteiger partial charge in [-0.3, -0.25) is 14.6 Å². The summed E-state index contributed by atoms with van der Waals surface area (Å²) in [5.41, 5.74) is 1.92. The van der Waals surface area contributed by atoms with Crippen LogP contribution in [0.25, 0.3) is 0 Å². The van der Waals surface area contributed by atoms with Crippen molar-refractivity contribution in [1.82, 2.24) is 19.6 Å². The van der Waals surface area contributed by atoms with Crippen LogP contribution in [0.1, 0.15) is 36.0 Å². The summed E-state index contributed by atoms with van der Waals surface area (Å²) in [5.74, 6) is 0.820. The normalized spacial score (nSPS) is 18.7. The first kappa shape index (κ1) is 19.3. The summed E-state index contributed by atoms with van der Waals surface area (Å²) < 4.78 is 7.50. The van der Waals surface area contributed by atoms with Crippen molar-refractivity contribution >= 4 is 23.7 Å². The van der Waals surface area contributed by atoms with Crippen LogP contribution in [0.2, 0.25) is 0 Å². The highest BCUT2D eigenvalue weighted by Crippen LogP contribution is 2.18. The molecule has 0 unspecified atom stereocenters. The molecule has 28 heavy (non-hydrogen) atoms. The molecule has 0 radical (unpaired) electrons. The van der Waals surface area contributed by atoms with Crippen LogP contribution in [0.4, 0.5) is 5.69 Å². The van der Waals surface area contributed by atoms with Crippen molar-refractivity contribution in [3.05, 3.63) is 40.6 Å². The largest absolute Gasteiger partial charge is 0.412 e. The molecule has 0 aliphatic carbocycles. The first-order valence-electron chi connectivity index (χ1n) is 9.96. The number of carbonyl (C=O) groups is 1. The fourth-order valence-corrected chi connectivity index (χ4v) is 4.07. The number of hydrogen-bond donors (Lipinski definition) is 0. The lowest BCUT2D eigenvalue weighted by atomic mass is 10.1. The monoisotopic (exact) mass is 401 g/mol. The molecule has 0 atom stereocenters. The van der Waals surface area contributed by atoms with Crippen LogP contribution >= 0.6 is 12.2 Å². The van der Waals surface area contributed by atoms with Gasteiger partial charge in [0.2, 0.25) is 5.89 Å². The van der Waals surface area contributed by atoms with Gasteiger partial charge in [-0.2, -0.15) is 0 Å². The van der Waals surface area contributed by atoms with Crippen LogP contribution in [0.5, 0.6) is 0 Å². The molecule has 150 valence electrons. The lowest BCUT2D eigenvalue weighted by molar-refractivity contribution is 0.101. The zero-order valence-corrected chi connectivity index (χ0v) is 17.2. The van der Waals surface area contributed by atoms with Gasteiger partial charge in [0.05, 0.1) is 13.2 Å². The smallest absolute Gasteiger partial charge is 0.288 e. The minimum Gasteiger partial charge on any atom is -0.412 e. The Kier molecular flexibility index (Phi) is 5.89. The number of anilines is 1. The van der Waals surface area contributed by atoms with Gasteiger partial charge in [-0.25, -0.2) is 4.68 Å². The maximum Gasteiger partial charge on any atom is 0.288 e. The van der Waals surface area contributed by atoms with Crippen LogP contribution < -0.4 is 4.90 Å². The lowest BCUT2D eigenvalue weighted by Crippen LogP contribution is -2.47. The third-order valence-corrected chi connectivity index (χ3v) is 5.84. The van der Waals surface area contributed by atoms with Gasteiger partial charge in [0.25, 0.3) is 4.84 Å². The maximum absolute atomic E-state index is 11.4. The van der Waals surface area contributed by atoms with Gasteiger partial charge in [-0.05, 0) is 69.3 Å². The first-order valence-corrected chi connectivity index (χ1v) is 10.4. The SMILES string of the molecule is CC(=O)c1ccc(N2CCN(Cn3nc(CN4CCCC4)oc3=S)CC2)cc1. The quantitative estimate of drug-likeness (QED) is 0.545. The summed E-state index contributed by atoms with van der Waals surface area (Å²) in [5, 5.41) is 4.59. The Hall–Kier alpha value is -2.03. The summed E-state index contributed by atoms with van der Waals surface area (Å²) in [6.07, 6.45) is 2.51. The standard InChI is InChI=1S/C20H27N5O2S/c1-16(26)17-4-6-18(7-5-17)24-12-10-23(11-13-24)15-25-20(28)27-19(21-25)14-22-8-2-3-9-22/h4-7H,2-3,8-15H2,1H3. The van der Waals surface area contributed by atoms with E-state index < -0.39 is 0 Å². The number of aromatic nitrogens is 2. The summed E-state index contributed by atoms with van der Waals surface area (Å²) in [6, 6.07) is 7.87. The summed E-state index contributed by atoms with van der Waals surface area (Å²) >= 11 is 5.37. The number of piperazine rings is 1. The molecule has 2 fully saturated rings. The number of hydrogen-bond acceptors (Lipinski definition) is 7. The topological polar surface area (TPSA) is 57.8 Å². The number of Topliss-reactive ketones (excluding diaryl/α,β-unsaturated/α-hetero) is 1. The molecule has 3 heterocycles. The van der Waals surface area contributed by atoms with Crippen LogP contribution in [0.15, 0.2) is 28.7 Å². The van der Waals surface area contributed by atoms with E-state index in [0.29, 0.717) is 11.5 Å². The molecule has 0 bridgehead atoms. The number of rotatable bonds is 6. The zero-order chi connectivity index (χ0) is 19.5. The molecule has 2 aliphatic heterocycles. The van der Waals surface area contributed by atoms with Gasteiger partial charge in [0.1, 0.15) is 0 Å². The van der Waals surface area contributed by atoms with Crippen molar-refractivity contribution in [3.63, 3.8) is 0 Å². The third kappa shape index (κ3) is 4.51. The number of nitrogens with zero attached hydrogens (tertiary/aromatic N) is 5. The van der Waals surface area contributed by atoms with E-state index in [1.807, 2.05) is 24.3 Å². The Morgan fingerprint density at radius 1 is 1.04 bits per heavy atom. The highest BCUT2D eigenvalue weighted by Gasteiger charge is 2.20. The second-order valence-electron chi connectivity index (χ2n) is 7.59. The van der Waals surface area contributed by atoms with E-state index in [2.05, 4.69) is 19.8 Å². The molecule has 2 saturated heterocycles. The highest BCUT2D eigenvalue weighted by molar-refractivity contribution is 7.71. The summed E-state index contributed by atoms with van der Waals surface area (Å²) in [7, 11) is 0. The lowest BCUT2D eigenvalue weighted by Gasteiger charge is -2.35. The molecule has 0 N–H and O–H groups in total. The maximum atomic E-state index is 11.4. The van der Waals surface area contributed by atoms with E-state index >= 15 is 0 Å². The van der Waals surface area contributed by atoms with E-state index in [9.17, 15) is 4.79 Å². The van der Waals surface area contributed by atoms with E-state index in [-0.39, 0.29) is 5.78 Å². The fourth-order valence-electron chi connectivity index (χ4n) is 3.88. The zero-order valence-electron chi connectivity index (χ0n) is 16.3. The fraction of sp³-hybridized carbons (Fsp3) is 0.550. The van der Waals surface area contributed by atoms with Crippen molar-refractivity contribution in [2.24, 2.45) is 0 Å².